The van der Waals surface area contributed by atoms with E-state index in [1.165, 1.54) is 6.33 Å². The van der Waals surface area contributed by atoms with E-state index in [1.807, 2.05) is 43.0 Å². The Kier molecular flexibility index (Phi) is 4.89. The molecule has 0 spiro atoms. The number of hydrogen-bond acceptors (Lipinski definition) is 6. The van der Waals surface area contributed by atoms with Crippen LogP contribution in [0.2, 0.25) is 0 Å². The summed E-state index contributed by atoms with van der Waals surface area (Å²) in [6, 6.07) is 7.67. The van der Waals surface area contributed by atoms with Gasteiger partial charge in [-0.2, -0.15) is 5.10 Å². The lowest BCUT2D eigenvalue weighted by Crippen LogP contribution is -2.44. The molecule has 0 atom stereocenters. The van der Waals surface area contributed by atoms with Gasteiger partial charge in [0.25, 0.3) is 0 Å². The van der Waals surface area contributed by atoms with E-state index in [4.69, 9.17) is 4.74 Å². The fraction of sp³-hybridized carbons (Fsp3) is 0.450. The number of ether oxygens (including phenoxy) is 1. The van der Waals surface area contributed by atoms with Gasteiger partial charge in [0.2, 0.25) is 0 Å². The molecule has 1 aliphatic heterocycles. The average molecular weight is 385 g/mol. The molecule has 0 radical (unpaired) electrons. The largest absolute Gasteiger partial charge is 0.491 e. The van der Waals surface area contributed by atoms with Crippen molar-refractivity contribution in [1.29, 1.82) is 0 Å². The van der Waals surface area contributed by atoms with Gasteiger partial charge >= 0.3 is 0 Å². The van der Waals surface area contributed by atoms with Gasteiger partial charge in [-0.3, -0.25) is 5.10 Å². The Hall–Kier alpha value is -2.74. The Morgan fingerprint density at radius 2 is 2.04 bits per heavy atom. The third-order valence-electron chi connectivity index (χ3n) is 5.07. The minimum Gasteiger partial charge on any atom is -0.491 e. The van der Waals surface area contributed by atoms with Crippen LogP contribution in [0, 0.1) is 0 Å². The van der Waals surface area contributed by atoms with E-state index in [-0.39, 0.29) is 18.9 Å². The highest BCUT2D eigenvalue weighted by atomic mass is 19.1. The van der Waals surface area contributed by atoms with Crippen molar-refractivity contribution >= 4 is 16.7 Å². The summed E-state index contributed by atoms with van der Waals surface area (Å²) in [6.07, 6.45) is 2.15. The third-order valence-corrected chi connectivity index (χ3v) is 5.07. The maximum atomic E-state index is 14.3. The Bertz CT molecular complexity index is 966. The fourth-order valence-electron chi connectivity index (χ4n) is 3.48. The quantitative estimate of drug-likeness (QED) is 0.702. The second kappa shape index (κ2) is 7.35. The lowest BCUT2D eigenvalue weighted by Gasteiger charge is -2.35. The maximum Gasteiger partial charge on any atom is 0.137 e. The number of H-pyrrole nitrogens is 1. The smallest absolute Gasteiger partial charge is 0.137 e. The second-order valence-electron chi connectivity index (χ2n) is 7.50. The minimum absolute atomic E-state index is 0.0825. The molecule has 0 bridgehead atoms. The van der Waals surface area contributed by atoms with E-state index in [9.17, 15) is 9.50 Å². The molecular formula is C20H24FN5O2. The predicted molar refractivity (Wildman–Crippen MR) is 105 cm³/mol. The molecule has 0 aliphatic carbocycles. The first-order valence-electron chi connectivity index (χ1n) is 9.49. The molecule has 28 heavy (non-hydrogen) atoms. The summed E-state index contributed by atoms with van der Waals surface area (Å²) in [5, 5.41) is 17.6. The summed E-state index contributed by atoms with van der Waals surface area (Å²) < 4.78 is 20.1. The van der Waals surface area contributed by atoms with Crippen LogP contribution in [0.3, 0.4) is 0 Å². The van der Waals surface area contributed by atoms with Crippen LogP contribution < -0.4 is 9.64 Å². The van der Waals surface area contributed by atoms with E-state index >= 15 is 0 Å². The van der Waals surface area contributed by atoms with Crippen molar-refractivity contribution < 1.29 is 14.2 Å². The molecule has 7 nitrogen and oxygen atoms in total. The number of aliphatic hydroxyl groups is 1. The van der Waals surface area contributed by atoms with Crippen molar-refractivity contribution in [2.24, 2.45) is 0 Å². The number of alkyl halides is 1. The number of fused-ring (bicyclic) bond motifs is 1. The van der Waals surface area contributed by atoms with E-state index in [2.05, 4.69) is 20.2 Å². The number of rotatable bonds is 5. The van der Waals surface area contributed by atoms with Gasteiger partial charge in [0.15, 0.2) is 0 Å². The van der Waals surface area contributed by atoms with Crippen molar-refractivity contribution in [2.45, 2.75) is 38.5 Å². The van der Waals surface area contributed by atoms with E-state index in [1.54, 1.807) is 0 Å². The molecule has 1 saturated heterocycles. The molecule has 8 heteroatoms. The Morgan fingerprint density at radius 3 is 2.75 bits per heavy atom. The van der Waals surface area contributed by atoms with Crippen LogP contribution in [-0.4, -0.2) is 56.7 Å². The predicted octanol–water partition coefficient (Wildman–Crippen LogP) is 3.11. The van der Waals surface area contributed by atoms with Gasteiger partial charge in [0.1, 0.15) is 29.3 Å². The van der Waals surface area contributed by atoms with Crippen LogP contribution in [-0.2, 0) is 0 Å². The fourth-order valence-corrected chi connectivity index (χ4v) is 3.48. The molecule has 148 valence electrons. The third kappa shape index (κ3) is 3.64. The first-order chi connectivity index (χ1) is 13.5. The number of halogens is 1. The van der Waals surface area contributed by atoms with Crippen LogP contribution in [0.4, 0.5) is 10.2 Å². The van der Waals surface area contributed by atoms with Gasteiger partial charge in [-0.25, -0.2) is 14.4 Å². The highest BCUT2D eigenvalue weighted by Gasteiger charge is 2.34. The van der Waals surface area contributed by atoms with Gasteiger partial charge in [0, 0.05) is 37.4 Å². The Morgan fingerprint density at radius 1 is 1.25 bits per heavy atom. The molecule has 1 fully saturated rings. The van der Waals surface area contributed by atoms with E-state index < -0.39 is 12.3 Å². The summed E-state index contributed by atoms with van der Waals surface area (Å²) in [5.41, 5.74) is 0.823. The van der Waals surface area contributed by atoms with Crippen LogP contribution in [0.1, 0.15) is 26.7 Å². The van der Waals surface area contributed by atoms with Crippen LogP contribution in [0.25, 0.3) is 22.3 Å². The molecule has 2 N–H and O–H groups in total. The Balaban J connectivity index is 1.63. The van der Waals surface area contributed by atoms with Crippen molar-refractivity contribution in [3.63, 3.8) is 0 Å². The average Bonchev–Trinajstić information content (AvgIpc) is 3.11. The summed E-state index contributed by atoms with van der Waals surface area (Å²) in [5.74, 6) is 1.51. The second-order valence-corrected chi connectivity index (χ2v) is 7.50. The highest BCUT2D eigenvalue weighted by Crippen LogP contribution is 2.32. The monoisotopic (exact) mass is 385 g/mol. The zero-order valence-electron chi connectivity index (χ0n) is 16.0. The van der Waals surface area contributed by atoms with Gasteiger partial charge in [-0.15, -0.1) is 0 Å². The summed E-state index contributed by atoms with van der Waals surface area (Å²) in [6.45, 7) is 4.54. The van der Waals surface area contributed by atoms with Crippen LogP contribution in [0.5, 0.6) is 5.75 Å². The molecular weight excluding hydrogens is 361 g/mol. The molecule has 1 aromatic carbocycles. The first kappa shape index (κ1) is 18.6. The number of nitrogens with zero attached hydrogens (tertiary/aromatic N) is 4. The van der Waals surface area contributed by atoms with Crippen molar-refractivity contribution in [2.75, 3.05) is 24.6 Å². The van der Waals surface area contributed by atoms with E-state index in [0.29, 0.717) is 18.8 Å². The van der Waals surface area contributed by atoms with Crippen LogP contribution >= 0.6 is 0 Å². The molecule has 3 heterocycles. The van der Waals surface area contributed by atoms with Crippen molar-refractivity contribution in [3.05, 3.63) is 30.6 Å². The number of nitrogens with one attached hydrogen (secondary N) is 1. The number of piperidine rings is 1. The molecule has 2 aromatic heterocycles. The zero-order chi connectivity index (χ0) is 19.7. The number of hydrogen-bond donors (Lipinski definition) is 2. The zero-order valence-corrected chi connectivity index (χ0v) is 16.0. The topological polar surface area (TPSA) is 87.2 Å². The summed E-state index contributed by atoms with van der Waals surface area (Å²) >= 11 is 0. The number of aromatic amines is 1. The van der Waals surface area contributed by atoms with E-state index in [0.717, 1.165) is 28.2 Å². The minimum atomic E-state index is -1.49. The molecule has 3 aromatic rings. The summed E-state index contributed by atoms with van der Waals surface area (Å²) in [4.78, 5) is 10.8. The number of benzene rings is 1. The summed E-state index contributed by atoms with van der Waals surface area (Å²) in [7, 11) is 0. The van der Waals surface area contributed by atoms with Gasteiger partial charge in [0.05, 0.1) is 23.9 Å². The molecule has 0 unspecified atom stereocenters. The van der Waals surface area contributed by atoms with Gasteiger partial charge in [-0.1, -0.05) is 0 Å². The lowest BCUT2D eigenvalue weighted by molar-refractivity contribution is 0.0480. The van der Waals surface area contributed by atoms with Gasteiger partial charge < -0.3 is 14.7 Å². The lowest BCUT2D eigenvalue weighted by atomic mass is 9.94. The number of aromatic nitrogens is 4. The van der Waals surface area contributed by atoms with Crippen LogP contribution in [0.15, 0.2) is 30.6 Å². The SMILES string of the molecule is CC(C)Oc1ccc2[nH]nc(-c3cc(N4CCC(F)(CO)CC4)ncn3)c2c1. The molecule has 1 aliphatic rings. The standard InChI is InChI=1S/C20H24FN5O2/c1-13(2)28-14-3-4-16-15(9-14)19(25-24-16)17-10-18(23-12-22-17)26-7-5-20(21,11-27)6-8-26/h3-4,9-10,12-13,27H,5-8,11H2,1-2H3,(H,24,25). The van der Waals surface area contributed by atoms with Crippen molar-refractivity contribution in [3.8, 4) is 17.1 Å². The molecule has 0 amide bonds. The highest BCUT2D eigenvalue weighted by molar-refractivity contribution is 5.93. The maximum absolute atomic E-state index is 14.3. The number of aliphatic hydroxyl groups excluding tert-OH is 1. The normalized spacial score (nSPS) is 16.7. The van der Waals surface area contributed by atoms with Crippen molar-refractivity contribution in [1.82, 2.24) is 20.2 Å². The molecule has 0 saturated carbocycles. The first-order valence-corrected chi connectivity index (χ1v) is 9.49. The number of anilines is 1. The van der Waals surface area contributed by atoms with Gasteiger partial charge in [-0.05, 0) is 32.0 Å². The Labute approximate surface area is 162 Å². The molecule has 4 rings (SSSR count).